The summed E-state index contributed by atoms with van der Waals surface area (Å²) in [5.41, 5.74) is 2.81. The molecule has 21 heavy (non-hydrogen) atoms. The second-order valence-electron chi connectivity index (χ2n) is 4.59. The maximum atomic E-state index is 11.4. The van der Waals surface area contributed by atoms with E-state index in [9.17, 15) is 4.79 Å². The summed E-state index contributed by atoms with van der Waals surface area (Å²) in [5, 5.41) is 5.93. The molecule has 1 amide bonds. The van der Waals surface area contributed by atoms with Gasteiger partial charge in [-0.15, -0.1) is 0 Å². The molecule has 0 radical (unpaired) electrons. The molecule has 2 aromatic carbocycles. The zero-order valence-corrected chi connectivity index (χ0v) is 12.3. The van der Waals surface area contributed by atoms with Gasteiger partial charge in [0.25, 0.3) is 5.91 Å². The molecule has 4 heteroatoms. The average Bonchev–Trinajstić information content (AvgIpc) is 2.54. The number of ether oxygens (including phenoxy) is 1. The molecule has 0 aromatic heterocycles. The fraction of sp³-hybridized carbons (Fsp3) is 0.235. The molecule has 2 rings (SSSR count). The Morgan fingerprint density at radius 2 is 1.71 bits per heavy atom. The quantitative estimate of drug-likeness (QED) is 0.857. The van der Waals surface area contributed by atoms with E-state index >= 15 is 0 Å². The molecule has 0 aliphatic rings. The Morgan fingerprint density at radius 3 is 2.29 bits per heavy atom. The third-order valence-electron chi connectivity index (χ3n) is 3.11. The zero-order chi connectivity index (χ0) is 15.1. The molecule has 2 aromatic rings. The average molecular weight is 284 g/mol. The Labute approximate surface area is 125 Å². The first-order valence-electron chi connectivity index (χ1n) is 7.00. The number of carbonyl (C=O) groups is 1. The summed E-state index contributed by atoms with van der Waals surface area (Å²) >= 11 is 0. The van der Waals surface area contributed by atoms with E-state index in [0.717, 1.165) is 18.0 Å². The van der Waals surface area contributed by atoms with Gasteiger partial charge in [0.15, 0.2) is 0 Å². The van der Waals surface area contributed by atoms with Crippen LogP contribution in [0.25, 0.3) is 0 Å². The molecule has 0 saturated carbocycles. The van der Waals surface area contributed by atoms with Crippen LogP contribution in [0.1, 0.15) is 22.8 Å². The van der Waals surface area contributed by atoms with Crippen LogP contribution in [-0.2, 0) is 6.54 Å². The van der Waals surface area contributed by atoms with Crippen molar-refractivity contribution in [3.63, 3.8) is 0 Å². The van der Waals surface area contributed by atoms with Crippen LogP contribution in [0.5, 0.6) is 5.75 Å². The number of hydrogen-bond donors (Lipinski definition) is 2. The number of rotatable bonds is 6. The fourth-order valence-corrected chi connectivity index (χ4v) is 1.96. The normalized spacial score (nSPS) is 10.0. The summed E-state index contributed by atoms with van der Waals surface area (Å²) in [7, 11) is 1.63. The van der Waals surface area contributed by atoms with Gasteiger partial charge >= 0.3 is 0 Å². The maximum Gasteiger partial charge on any atom is 0.251 e. The SMILES string of the molecule is CCOc1ccc(CNc2ccc(C(=O)NC)cc2)cc1. The van der Waals surface area contributed by atoms with Crippen molar-refractivity contribution in [2.75, 3.05) is 19.0 Å². The Bertz CT molecular complexity index is 577. The lowest BCUT2D eigenvalue weighted by Gasteiger charge is -2.08. The van der Waals surface area contributed by atoms with Gasteiger partial charge in [-0.05, 0) is 48.9 Å². The number of benzene rings is 2. The van der Waals surface area contributed by atoms with Gasteiger partial charge in [0.2, 0.25) is 0 Å². The largest absolute Gasteiger partial charge is 0.494 e. The molecule has 2 N–H and O–H groups in total. The van der Waals surface area contributed by atoms with Crippen molar-refractivity contribution in [2.45, 2.75) is 13.5 Å². The first-order chi connectivity index (χ1) is 10.2. The molecule has 0 heterocycles. The van der Waals surface area contributed by atoms with Gasteiger partial charge in [0.1, 0.15) is 5.75 Å². The van der Waals surface area contributed by atoms with E-state index in [-0.39, 0.29) is 5.91 Å². The van der Waals surface area contributed by atoms with Crippen molar-refractivity contribution in [3.05, 3.63) is 59.7 Å². The molecule has 0 unspecified atom stereocenters. The number of anilines is 1. The van der Waals surface area contributed by atoms with Crippen LogP contribution in [-0.4, -0.2) is 19.6 Å². The molecule has 0 aliphatic heterocycles. The van der Waals surface area contributed by atoms with E-state index in [1.54, 1.807) is 19.2 Å². The molecule has 0 bridgehead atoms. The lowest BCUT2D eigenvalue weighted by Crippen LogP contribution is -2.17. The van der Waals surface area contributed by atoms with Crippen molar-refractivity contribution in [2.24, 2.45) is 0 Å². The van der Waals surface area contributed by atoms with Crippen molar-refractivity contribution in [1.82, 2.24) is 5.32 Å². The van der Waals surface area contributed by atoms with Crippen LogP contribution >= 0.6 is 0 Å². The van der Waals surface area contributed by atoms with Gasteiger partial charge in [0, 0.05) is 24.8 Å². The summed E-state index contributed by atoms with van der Waals surface area (Å²) in [4.78, 5) is 11.4. The smallest absolute Gasteiger partial charge is 0.251 e. The van der Waals surface area contributed by atoms with Crippen LogP contribution in [0, 0.1) is 0 Å². The van der Waals surface area contributed by atoms with E-state index in [1.807, 2.05) is 43.3 Å². The third-order valence-corrected chi connectivity index (χ3v) is 3.11. The monoisotopic (exact) mass is 284 g/mol. The van der Waals surface area contributed by atoms with Gasteiger partial charge < -0.3 is 15.4 Å². The van der Waals surface area contributed by atoms with Crippen LogP contribution in [0.3, 0.4) is 0 Å². The van der Waals surface area contributed by atoms with E-state index in [0.29, 0.717) is 12.2 Å². The molecule has 0 saturated heterocycles. The molecule has 0 fully saturated rings. The molecule has 4 nitrogen and oxygen atoms in total. The number of amides is 1. The van der Waals surface area contributed by atoms with Crippen LogP contribution in [0.2, 0.25) is 0 Å². The highest BCUT2D eigenvalue weighted by atomic mass is 16.5. The second-order valence-corrected chi connectivity index (χ2v) is 4.59. The lowest BCUT2D eigenvalue weighted by molar-refractivity contribution is 0.0963. The first kappa shape index (κ1) is 14.9. The fourth-order valence-electron chi connectivity index (χ4n) is 1.96. The molecular formula is C17H20N2O2. The van der Waals surface area contributed by atoms with E-state index in [4.69, 9.17) is 4.74 Å². The summed E-state index contributed by atoms with van der Waals surface area (Å²) in [6, 6.07) is 15.4. The standard InChI is InChI=1S/C17H20N2O2/c1-3-21-16-10-4-13(5-11-16)12-19-15-8-6-14(7-9-15)17(20)18-2/h4-11,19H,3,12H2,1-2H3,(H,18,20). The van der Waals surface area contributed by atoms with E-state index < -0.39 is 0 Å². The predicted molar refractivity (Wildman–Crippen MR) is 84.8 cm³/mol. The van der Waals surface area contributed by atoms with Crippen molar-refractivity contribution < 1.29 is 9.53 Å². The highest BCUT2D eigenvalue weighted by Crippen LogP contribution is 2.14. The van der Waals surface area contributed by atoms with Gasteiger partial charge in [-0.25, -0.2) is 0 Å². The third kappa shape index (κ3) is 4.24. The van der Waals surface area contributed by atoms with Gasteiger partial charge in [-0.1, -0.05) is 12.1 Å². The predicted octanol–water partition coefficient (Wildman–Crippen LogP) is 3.06. The minimum Gasteiger partial charge on any atom is -0.494 e. The highest BCUT2D eigenvalue weighted by Gasteiger charge is 2.02. The van der Waals surface area contributed by atoms with E-state index in [2.05, 4.69) is 10.6 Å². The maximum absolute atomic E-state index is 11.4. The first-order valence-corrected chi connectivity index (χ1v) is 7.00. The summed E-state index contributed by atoms with van der Waals surface area (Å²) in [5.74, 6) is 0.809. The summed E-state index contributed by atoms with van der Waals surface area (Å²) in [6.07, 6.45) is 0. The Kier molecular flexibility index (Phi) is 5.21. The molecular weight excluding hydrogens is 264 g/mol. The van der Waals surface area contributed by atoms with Crippen LogP contribution in [0.15, 0.2) is 48.5 Å². The van der Waals surface area contributed by atoms with Crippen LogP contribution < -0.4 is 15.4 Å². The highest BCUT2D eigenvalue weighted by molar-refractivity contribution is 5.94. The molecule has 0 aliphatic carbocycles. The Balaban J connectivity index is 1.91. The van der Waals surface area contributed by atoms with Crippen molar-refractivity contribution in [3.8, 4) is 5.75 Å². The van der Waals surface area contributed by atoms with Gasteiger partial charge in [0.05, 0.1) is 6.61 Å². The topological polar surface area (TPSA) is 50.4 Å². The zero-order valence-electron chi connectivity index (χ0n) is 12.3. The molecule has 0 atom stereocenters. The molecule has 0 spiro atoms. The van der Waals surface area contributed by atoms with Crippen LogP contribution in [0.4, 0.5) is 5.69 Å². The van der Waals surface area contributed by atoms with Crippen molar-refractivity contribution in [1.29, 1.82) is 0 Å². The summed E-state index contributed by atoms with van der Waals surface area (Å²) in [6.45, 7) is 3.37. The number of carbonyl (C=O) groups excluding carboxylic acids is 1. The minimum absolute atomic E-state index is 0.0759. The van der Waals surface area contributed by atoms with Gasteiger partial charge in [-0.3, -0.25) is 4.79 Å². The minimum atomic E-state index is -0.0759. The summed E-state index contributed by atoms with van der Waals surface area (Å²) < 4.78 is 5.41. The Morgan fingerprint density at radius 1 is 1.05 bits per heavy atom. The second kappa shape index (κ2) is 7.33. The molecule has 110 valence electrons. The Hall–Kier alpha value is -2.49. The van der Waals surface area contributed by atoms with Crippen molar-refractivity contribution >= 4 is 11.6 Å². The lowest BCUT2D eigenvalue weighted by atomic mass is 10.2. The van der Waals surface area contributed by atoms with Gasteiger partial charge in [-0.2, -0.15) is 0 Å². The number of nitrogens with one attached hydrogen (secondary N) is 2. The van der Waals surface area contributed by atoms with E-state index in [1.165, 1.54) is 5.56 Å². The number of hydrogen-bond acceptors (Lipinski definition) is 3.